The lowest BCUT2D eigenvalue weighted by Crippen LogP contribution is -3.16. The molecule has 44 nitrogen and oxygen atoms in total. The van der Waals surface area contributed by atoms with Gasteiger partial charge in [0, 0.05) is 33.0 Å². The summed E-state index contributed by atoms with van der Waals surface area (Å²) in [7, 11) is -142. The molecule has 0 rings (SSSR count). The summed E-state index contributed by atoms with van der Waals surface area (Å²) in [5.74, 6) is 0. The van der Waals surface area contributed by atoms with E-state index < -0.39 is 381 Å². The van der Waals surface area contributed by atoms with Gasteiger partial charge in [-0.15, -0.1) is 0 Å². The molecule has 0 saturated heterocycles. The Balaban J connectivity index is 15.8. The van der Waals surface area contributed by atoms with E-state index in [9.17, 15) is 125 Å². The van der Waals surface area contributed by atoms with Crippen molar-refractivity contribution in [3.63, 3.8) is 0 Å². The normalized spacial score (nSPS) is 24.3. The standard InChI is InChI=1S/C18H122O44Si42/c1-13-14-15-88(7,8)57-89(9,10)58-96(103(99(80-38,81-39)52-67-25,100(82-40,83-41)53-68-26)60-92(70-28,71-29)48-63-21,62-95(97(76-34,77-35)50-65-23,98(78-36,79-37)51-66-24)59-94(74-32,75-33)55-86(4)5)104(101(84-42,85-43)54-69-27,61-93(72-30,73-31)49-64-22)102(56-87(6)44,90(11,12)46-2)91(45,47-3)18(16-19)17-20/h18-45,86-87H,13-17,63-85H2,1-12H3. The van der Waals surface area contributed by atoms with E-state index in [1.165, 1.54) is 26.2 Å². The average molecular weight is 2220 g/mol. The van der Waals surface area contributed by atoms with E-state index in [0.717, 1.165) is 20.8 Å². The fourth-order valence-corrected chi connectivity index (χ4v) is 781. The second-order valence-corrected chi connectivity index (χ2v) is 263. The first-order valence-electron chi connectivity index (χ1n) is 32.4. The summed E-state index contributed by atoms with van der Waals surface area (Å²) < 4.78 is 125. The lowest BCUT2D eigenvalue weighted by Gasteiger charge is -2.73. The van der Waals surface area contributed by atoms with Crippen molar-refractivity contribution in [2.24, 2.45) is 0 Å². The molecule has 27 N–H and O–H groups in total. The van der Waals surface area contributed by atoms with Crippen LogP contribution >= 0.6 is 0 Å². The van der Waals surface area contributed by atoms with Gasteiger partial charge in [-0.1, -0.05) is 19.8 Å². The van der Waals surface area contributed by atoms with Crippen molar-refractivity contribution < 1.29 is 201 Å². The minimum atomic E-state index is -8.13. The van der Waals surface area contributed by atoms with E-state index in [0.29, 0.717) is 12.8 Å². The van der Waals surface area contributed by atoms with Crippen LogP contribution < -0.4 is 0 Å². The van der Waals surface area contributed by atoms with Crippen LogP contribution in [0.5, 0.6) is 0 Å². The Morgan fingerprint density at radius 2 is 0.683 bits per heavy atom. The Hall–Kier alpha value is 7.35. The highest BCUT2D eigenvalue weighted by atomic mass is 30.5. The Morgan fingerprint density at radius 3 is 0.952 bits per heavy atom. The van der Waals surface area contributed by atoms with Gasteiger partial charge < -0.3 is 201 Å². The summed E-state index contributed by atoms with van der Waals surface area (Å²) in [5.41, 5.74) is -2.28. The number of rotatable bonds is 64. The quantitative estimate of drug-likeness (QED) is 0.0251. The molecule has 86 heteroatoms. The molecule has 0 aromatic heterocycles. The van der Waals surface area contributed by atoms with Crippen molar-refractivity contribution in [3.8, 4) is 0 Å². The molecule has 0 spiro atoms. The van der Waals surface area contributed by atoms with Crippen molar-refractivity contribution >= 4 is 363 Å². The number of aliphatic hydroxyl groups excluding tert-OH is 2. The van der Waals surface area contributed by atoms with Gasteiger partial charge in [0.1, 0.15) is 0 Å². The molecular weight excluding hydrogens is 2100 g/mol. The lowest BCUT2D eigenvalue weighted by molar-refractivity contribution is 0.180. The maximum absolute atomic E-state index is 15.6. The monoisotopic (exact) mass is 2220 g/mol. The molecule has 0 saturated carbocycles. The van der Waals surface area contributed by atoms with Crippen molar-refractivity contribution in [3.05, 3.63) is 0 Å². The average Bonchev–Trinajstić information content (AvgIpc) is 0.628. The predicted molar refractivity (Wildman–Crippen MR) is 485 cm³/mol. The Morgan fingerprint density at radius 1 is 0.356 bits per heavy atom. The smallest absolute Gasteiger partial charge is 0.352 e. The van der Waals surface area contributed by atoms with Gasteiger partial charge in [-0.3, -0.25) is 0 Å². The summed E-state index contributed by atoms with van der Waals surface area (Å²) >= 11 is 0. The third-order valence-corrected chi connectivity index (χ3v) is 446. The second kappa shape index (κ2) is 49.4. The van der Waals surface area contributed by atoms with Gasteiger partial charge in [-0.2, -0.15) is 0 Å². The van der Waals surface area contributed by atoms with E-state index in [2.05, 4.69) is 0 Å². The maximum atomic E-state index is 15.6. The third-order valence-electron chi connectivity index (χ3n) is 18.2. The highest BCUT2D eigenvalue weighted by Crippen LogP contribution is 2.58. The fraction of sp³-hybridized carbons (Fsp3) is 1.00. The van der Waals surface area contributed by atoms with E-state index in [-0.39, 0.29) is 6.04 Å². The summed E-state index contributed by atoms with van der Waals surface area (Å²) in [4.78, 5) is 325. The van der Waals surface area contributed by atoms with Crippen LogP contribution in [0.2, 0.25) is 70.5 Å². The van der Waals surface area contributed by atoms with Crippen LogP contribution in [0.1, 0.15) is 19.8 Å². The van der Waals surface area contributed by atoms with Crippen molar-refractivity contribution in [1.29, 1.82) is 0 Å². The van der Waals surface area contributed by atoms with Crippen molar-refractivity contribution in [2.45, 2.75) is 90.3 Å². The van der Waals surface area contributed by atoms with E-state index in [1.54, 1.807) is 26.2 Å². The van der Waals surface area contributed by atoms with Gasteiger partial charge in [0.15, 0.2) is 110 Å². The van der Waals surface area contributed by atoms with Gasteiger partial charge in [0.2, 0.25) is 84.1 Å². The molecule has 0 aliphatic rings. The molecule has 0 heterocycles. The third kappa shape index (κ3) is 22.2. The second-order valence-electron chi connectivity index (χ2n) is 25.9. The van der Waals surface area contributed by atoms with Gasteiger partial charge in [-0.05, 0) is 65.0 Å². The van der Waals surface area contributed by atoms with Crippen LogP contribution in [0.4, 0.5) is 0 Å². The molecule has 0 bridgehead atoms. The Kier molecular flexibility index (Phi) is 52.9. The van der Waals surface area contributed by atoms with Gasteiger partial charge >= 0.3 is 63.9 Å². The molecule has 0 aliphatic carbocycles. The van der Waals surface area contributed by atoms with Crippen LogP contribution in [0.15, 0.2) is 0 Å². The van der Waals surface area contributed by atoms with Crippen LogP contribution in [-0.2, 0) is 70.6 Å². The Labute approximate surface area is 673 Å². The van der Waals surface area contributed by atoms with Gasteiger partial charge in [0.25, 0.3) is 104 Å². The van der Waals surface area contributed by atoms with Crippen LogP contribution in [0.3, 0.4) is 0 Å². The number of hydrogen-bond acceptors (Lipinski definition) is 44. The van der Waals surface area contributed by atoms with Gasteiger partial charge in [-0.25, -0.2) is 0 Å². The molecular formula is C18H122O44Si42. The molecule has 104 heavy (non-hydrogen) atoms. The zero-order valence-electron chi connectivity index (χ0n) is 61.0. The first-order valence-corrected chi connectivity index (χ1v) is 138. The topological polar surface area (TPSA) is 703 Å². The fourth-order valence-electron chi connectivity index (χ4n) is 13.4. The maximum Gasteiger partial charge on any atom is 0.352 e. The van der Waals surface area contributed by atoms with E-state index in [4.69, 9.17) is 70.6 Å². The van der Waals surface area contributed by atoms with Crippen LogP contribution in [0, 0.1) is 0 Å². The first-order chi connectivity index (χ1) is 48.7. The van der Waals surface area contributed by atoms with Gasteiger partial charge in [0.05, 0.1) is 0 Å². The zero-order valence-corrected chi connectivity index (χ0v) is 113. The van der Waals surface area contributed by atoms with Crippen molar-refractivity contribution in [1.82, 2.24) is 0 Å². The zero-order chi connectivity index (χ0) is 81.1. The molecule has 626 valence electrons. The summed E-state index contributed by atoms with van der Waals surface area (Å²) in [6.45, 7) is -41.4. The van der Waals surface area contributed by atoms with Crippen LogP contribution in [0.25, 0.3) is 0 Å². The molecule has 0 aromatic carbocycles. The predicted octanol–water partition coefficient (Wildman–Crippen LogP) is -37.3. The van der Waals surface area contributed by atoms with Crippen LogP contribution in [-0.4, -0.2) is 520 Å². The highest BCUT2D eigenvalue weighted by molar-refractivity contribution is 8.25. The minimum absolute atomic E-state index is 0.194. The molecule has 5 unspecified atom stereocenters. The SMILES string of the molecule is CCCC[Si](C)(C)O[Si](C)(C)O[Si](O[Si](O[Si](O[SiH](C)C)([SiH2]O)[SiH2]O)([Si](O[SiH2]O)([SiH2]O)[SiH2]O)[Si](O[SiH2]O)([SiH2]O)[SiH2]O)([Si](O[Si](O[SiH2]O)([SiH2]O)[SiH2]O)([Si](O[SiH2]O)([SiH2]O)[SiH2]O)[Si](O[SiH2]O)([SiH2]O)[SiH2]O)[Si](O[Si](O[SiH2]O)([SiH2]O)[SiH2]O)([Si](O[SiH2]O)([SiH2]O)[SiH2]O)[Si](O[SiH](C)O)([Si](C)(C)OC)[Si](O)(OC)C(CO)CO. The summed E-state index contributed by atoms with van der Waals surface area (Å²) in [6.07, 6.45) is 0.894. The van der Waals surface area contributed by atoms with Crippen molar-refractivity contribution in [2.75, 3.05) is 27.4 Å². The summed E-state index contributed by atoms with van der Waals surface area (Å²) in [5, 5.41) is 24.4. The number of aliphatic hydroxyl groups is 2. The highest BCUT2D eigenvalue weighted by Gasteiger charge is 3.04. The molecule has 0 aromatic rings. The number of hydrogen-bond donors (Lipinski definition) is 27. The molecule has 0 fully saturated rings. The first kappa shape index (κ1) is 111. The minimum Gasteiger partial charge on any atom is -0.442 e. The van der Waals surface area contributed by atoms with E-state index >= 15 is 4.80 Å². The molecule has 0 aliphatic heterocycles. The molecule has 5 atom stereocenters. The molecule has 0 radical (unpaired) electrons. The largest absolute Gasteiger partial charge is 0.442 e. The van der Waals surface area contributed by atoms with E-state index in [1.807, 2.05) is 6.92 Å². The lowest BCUT2D eigenvalue weighted by atomic mass is 10.4. The molecule has 0 amide bonds. The Bertz CT molecular complexity index is 2310. The summed E-state index contributed by atoms with van der Waals surface area (Å²) in [6, 6.07) is 0.194. The number of unbranched alkanes of at least 4 members (excludes halogenated alkanes) is 1.